The van der Waals surface area contributed by atoms with E-state index in [2.05, 4.69) is 10.4 Å². The number of ether oxygens (including phenoxy) is 2. The first-order chi connectivity index (χ1) is 14.3. The summed E-state index contributed by atoms with van der Waals surface area (Å²) in [6, 6.07) is 12.0. The van der Waals surface area contributed by atoms with E-state index in [9.17, 15) is 9.59 Å². The number of methoxy groups -OCH3 is 2. The van der Waals surface area contributed by atoms with Crippen molar-refractivity contribution in [3.05, 3.63) is 75.6 Å². The van der Waals surface area contributed by atoms with Crippen molar-refractivity contribution in [3.8, 4) is 5.75 Å². The summed E-state index contributed by atoms with van der Waals surface area (Å²) < 4.78 is 11.9. The molecule has 0 aliphatic rings. The normalized spacial score (nSPS) is 10.6. The number of carbonyl (C=O) groups is 2. The number of amides is 1. The molecule has 0 bridgehead atoms. The van der Waals surface area contributed by atoms with Crippen molar-refractivity contribution < 1.29 is 19.1 Å². The largest absolute Gasteiger partial charge is 0.496 e. The van der Waals surface area contributed by atoms with E-state index >= 15 is 0 Å². The van der Waals surface area contributed by atoms with Gasteiger partial charge in [0.25, 0.3) is 5.91 Å². The lowest BCUT2D eigenvalue weighted by atomic mass is 10.1. The molecule has 0 unspecified atom stereocenters. The van der Waals surface area contributed by atoms with E-state index in [1.165, 1.54) is 14.2 Å². The summed E-state index contributed by atoms with van der Waals surface area (Å²) in [7, 11) is 2.84. The highest BCUT2D eigenvalue weighted by Crippen LogP contribution is 2.26. The van der Waals surface area contributed by atoms with Gasteiger partial charge in [0.2, 0.25) is 0 Å². The van der Waals surface area contributed by atoms with Crippen molar-refractivity contribution >= 4 is 29.2 Å². The maximum absolute atomic E-state index is 12.9. The van der Waals surface area contributed by atoms with E-state index in [0.29, 0.717) is 39.8 Å². The number of hydrogen-bond donors (Lipinski definition) is 1. The maximum atomic E-state index is 12.9. The summed E-state index contributed by atoms with van der Waals surface area (Å²) in [5, 5.41) is 7.86. The van der Waals surface area contributed by atoms with E-state index in [1.54, 1.807) is 41.9 Å². The van der Waals surface area contributed by atoms with Crippen molar-refractivity contribution in [1.82, 2.24) is 9.78 Å². The first-order valence-corrected chi connectivity index (χ1v) is 9.58. The van der Waals surface area contributed by atoms with Gasteiger partial charge in [-0.05, 0) is 43.7 Å². The van der Waals surface area contributed by atoms with Crippen molar-refractivity contribution in [1.29, 1.82) is 0 Å². The zero-order chi connectivity index (χ0) is 21.8. The second kappa shape index (κ2) is 9.00. The lowest BCUT2D eigenvalue weighted by Crippen LogP contribution is -2.15. The lowest BCUT2D eigenvalue weighted by molar-refractivity contribution is 0.0599. The van der Waals surface area contributed by atoms with Gasteiger partial charge in [-0.3, -0.25) is 9.48 Å². The summed E-state index contributed by atoms with van der Waals surface area (Å²) in [4.78, 5) is 24.9. The summed E-state index contributed by atoms with van der Waals surface area (Å²) in [5.74, 6) is -0.338. The fraction of sp³-hybridized carbons (Fsp3) is 0.227. The minimum Gasteiger partial charge on any atom is -0.496 e. The fourth-order valence-electron chi connectivity index (χ4n) is 3.20. The van der Waals surface area contributed by atoms with Gasteiger partial charge >= 0.3 is 5.97 Å². The Morgan fingerprint density at radius 1 is 1.10 bits per heavy atom. The number of aromatic nitrogens is 2. The highest BCUT2D eigenvalue weighted by atomic mass is 35.5. The van der Waals surface area contributed by atoms with Gasteiger partial charge in [-0.15, -0.1) is 0 Å². The summed E-state index contributed by atoms with van der Waals surface area (Å²) >= 11 is 6.04. The second-order valence-electron chi connectivity index (χ2n) is 6.65. The zero-order valence-corrected chi connectivity index (χ0v) is 17.9. The monoisotopic (exact) mass is 427 g/mol. The summed E-state index contributed by atoms with van der Waals surface area (Å²) in [6.45, 7) is 4.01. The Balaban J connectivity index is 1.90. The van der Waals surface area contributed by atoms with Gasteiger partial charge in [-0.1, -0.05) is 29.8 Å². The zero-order valence-electron chi connectivity index (χ0n) is 17.2. The molecule has 0 aliphatic carbocycles. The Kier molecular flexibility index (Phi) is 6.42. The molecule has 1 aromatic heterocycles. The van der Waals surface area contributed by atoms with Gasteiger partial charge in [0.15, 0.2) is 0 Å². The molecule has 0 spiro atoms. The van der Waals surface area contributed by atoms with Crippen LogP contribution in [0.15, 0.2) is 42.5 Å². The number of hydrogen-bond acceptors (Lipinski definition) is 5. The topological polar surface area (TPSA) is 82.5 Å². The SMILES string of the molecule is COC(=O)c1ccccc1Cn1nc(C)c(NC(=O)c2cc(Cl)ccc2OC)c1C. The Morgan fingerprint density at radius 3 is 2.53 bits per heavy atom. The molecule has 0 atom stereocenters. The van der Waals surface area contributed by atoms with Gasteiger partial charge in [0.05, 0.1) is 49.0 Å². The molecule has 1 heterocycles. The van der Waals surface area contributed by atoms with Crippen LogP contribution in [0.3, 0.4) is 0 Å². The van der Waals surface area contributed by atoms with Gasteiger partial charge in [0, 0.05) is 5.02 Å². The van der Waals surface area contributed by atoms with Crippen LogP contribution in [0.25, 0.3) is 0 Å². The summed E-state index contributed by atoms with van der Waals surface area (Å²) in [6.07, 6.45) is 0. The van der Waals surface area contributed by atoms with Crippen LogP contribution < -0.4 is 10.1 Å². The Bertz CT molecular complexity index is 1110. The van der Waals surface area contributed by atoms with E-state index in [1.807, 2.05) is 19.1 Å². The van der Waals surface area contributed by atoms with E-state index < -0.39 is 5.97 Å². The molecule has 2 aromatic carbocycles. The number of nitrogens with zero attached hydrogens (tertiary/aromatic N) is 2. The standard InChI is InChI=1S/C22H22ClN3O4/c1-13-20(24-21(27)18-11-16(23)9-10-19(18)29-3)14(2)26(25-13)12-15-7-5-6-8-17(15)22(28)30-4/h5-11H,12H2,1-4H3,(H,24,27). The Labute approximate surface area is 179 Å². The molecular weight excluding hydrogens is 406 g/mol. The predicted molar refractivity (Wildman–Crippen MR) is 115 cm³/mol. The molecule has 8 heteroatoms. The van der Waals surface area contributed by atoms with Crippen LogP contribution in [0.5, 0.6) is 5.75 Å². The van der Waals surface area contributed by atoms with Crippen LogP contribution in [0.4, 0.5) is 5.69 Å². The smallest absolute Gasteiger partial charge is 0.338 e. The highest BCUT2D eigenvalue weighted by molar-refractivity contribution is 6.31. The van der Waals surface area contributed by atoms with Crippen molar-refractivity contribution in [2.45, 2.75) is 20.4 Å². The van der Waals surface area contributed by atoms with Crippen molar-refractivity contribution in [2.24, 2.45) is 0 Å². The minimum absolute atomic E-state index is 0.326. The average molecular weight is 428 g/mol. The van der Waals surface area contributed by atoms with Gasteiger partial charge in [-0.25, -0.2) is 4.79 Å². The quantitative estimate of drug-likeness (QED) is 0.594. The first kappa shape index (κ1) is 21.4. The third-order valence-corrected chi connectivity index (χ3v) is 5.00. The van der Waals surface area contributed by atoms with Crippen LogP contribution >= 0.6 is 11.6 Å². The molecule has 0 radical (unpaired) electrons. The third-order valence-electron chi connectivity index (χ3n) is 4.77. The maximum Gasteiger partial charge on any atom is 0.338 e. The molecule has 30 heavy (non-hydrogen) atoms. The third kappa shape index (κ3) is 4.31. The molecular formula is C22H22ClN3O4. The lowest BCUT2D eigenvalue weighted by Gasteiger charge is -2.11. The van der Waals surface area contributed by atoms with Crippen LogP contribution in [0, 0.1) is 13.8 Å². The van der Waals surface area contributed by atoms with E-state index in [4.69, 9.17) is 21.1 Å². The molecule has 0 fully saturated rings. The number of aryl methyl sites for hydroxylation is 1. The molecule has 0 saturated heterocycles. The number of esters is 1. The fourth-order valence-corrected chi connectivity index (χ4v) is 3.37. The molecule has 3 rings (SSSR count). The average Bonchev–Trinajstić information content (AvgIpc) is 3.00. The molecule has 0 aliphatic heterocycles. The van der Waals surface area contributed by atoms with Gasteiger partial charge < -0.3 is 14.8 Å². The number of anilines is 1. The number of benzene rings is 2. The number of nitrogens with one attached hydrogen (secondary N) is 1. The van der Waals surface area contributed by atoms with E-state index in [-0.39, 0.29) is 5.91 Å². The van der Waals surface area contributed by atoms with Crippen LogP contribution in [0.2, 0.25) is 5.02 Å². The van der Waals surface area contributed by atoms with Gasteiger partial charge in [0.1, 0.15) is 5.75 Å². The second-order valence-corrected chi connectivity index (χ2v) is 7.09. The number of rotatable bonds is 6. The molecule has 1 N–H and O–H groups in total. The first-order valence-electron chi connectivity index (χ1n) is 9.20. The summed E-state index contributed by atoms with van der Waals surface area (Å²) in [5.41, 5.74) is 3.57. The number of carbonyl (C=O) groups excluding carboxylic acids is 2. The van der Waals surface area contributed by atoms with Crippen LogP contribution in [0.1, 0.15) is 37.7 Å². The Hall–Kier alpha value is -3.32. The van der Waals surface area contributed by atoms with Crippen LogP contribution in [-0.2, 0) is 11.3 Å². The minimum atomic E-state index is -0.409. The van der Waals surface area contributed by atoms with Crippen molar-refractivity contribution in [2.75, 3.05) is 19.5 Å². The molecule has 7 nitrogen and oxygen atoms in total. The molecule has 0 saturated carbocycles. The molecule has 3 aromatic rings. The number of halogens is 1. The van der Waals surface area contributed by atoms with Crippen molar-refractivity contribution in [3.63, 3.8) is 0 Å². The molecule has 1 amide bonds. The highest BCUT2D eigenvalue weighted by Gasteiger charge is 2.19. The van der Waals surface area contributed by atoms with Gasteiger partial charge in [-0.2, -0.15) is 5.10 Å². The predicted octanol–water partition coefficient (Wildman–Crippen LogP) is 4.25. The van der Waals surface area contributed by atoms with Crippen LogP contribution in [-0.4, -0.2) is 35.9 Å². The molecule has 156 valence electrons. The Morgan fingerprint density at radius 2 is 1.83 bits per heavy atom. The van der Waals surface area contributed by atoms with E-state index in [0.717, 1.165) is 11.3 Å².